The molecule has 33 heavy (non-hydrogen) atoms. The molecule has 2 heterocycles. The highest BCUT2D eigenvalue weighted by Gasteiger charge is 2.23. The number of anilines is 1. The summed E-state index contributed by atoms with van der Waals surface area (Å²) in [6.07, 6.45) is 1.02. The number of fused-ring (bicyclic) bond motifs is 1. The van der Waals surface area contributed by atoms with Gasteiger partial charge in [0.15, 0.2) is 21.6 Å². The molecule has 1 aromatic heterocycles. The van der Waals surface area contributed by atoms with Gasteiger partial charge in [0.1, 0.15) is 13.2 Å². The Morgan fingerprint density at radius 2 is 1.85 bits per heavy atom. The SMILES string of the molecule is Cc1ccc(S(=O)(=O)c2cnc(SCC(=O)Nc3ccc4c(c3)OCCO4)[nH]c2=O)cc1C. The Bertz CT molecular complexity index is 1390. The molecule has 0 radical (unpaired) electrons. The molecule has 11 heteroatoms. The van der Waals surface area contributed by atoms with Crippen molar-refractivity contribution in [3.05, 3.63) is 64.1 Å². The van der Waals surface area contributed by atoms with Gasteiger partial charge in [-0.1, -0.05) is 17.8 Å². The summed E-state index contributed by atoms with van der Waals surface area (Å²) in [5, 5.41) is 2.87. The van der Waals surface area contributed by atoms with E-state index >= 15 is 0 Å². The number of carbonyl (C=O) groups excluding carboxylic acids is 1. The summed E-state index contributed by atoms with van der Waals surface area (Å²) >= 11 is 0.981. The maximum Gasteiger partial charge on any atom is 0.270 e. The Labute approximate surface area is 194 Å². The molecular weight excluding hydrogens is 466 g/mol. The zero-order valence-corrected chi connectivity index (χ0v) is 19.5. The number of rotatable bonds is 6. The van der Waals surface area contributed by atoms with Crippen molar-refractivity contribution < 1.29 is 22.7 Å². The van der Waals surface area contributed by atoms with Crippen molar-refractivity contribution >= 4 is 33.2 Å². The number of H-pyrrole nitrogens is 1. The fourth-order valence-corrected chi connectivity index (χ4v) is 5.04. The summed E-state index contributed by atoms with van der Waals surface area (Å²) in [5.74, 6) is 0.802. The first-order chi connectivity index (χ1) is 15.7. The standard InChI is InChI=1S/C22H21N3O6S2/c1-13-3-5-16(9-14(13)2)33(28,29)19-11-23-22(25-21(19)27)32-12-20(26)24-15-4-6-17-18(10-15)31-8-7-30-17/h3-6,9-11H,7-8,12H2,1-2H3,(H,24,26)(H,23,25,27). The second kappa shape index (κ2) is 9.28. The molecule has 0 fully saturated rings. The smallest absolute Gasteiger partial charge is 0.270 e. The van der Waals surface area contributed by atoms with Gasteiger partial charge in [0.25, 0.3) is 5.56 Å². The molecule has 0 spiro atoms. The fourth-order valence-electron chi connectivity index (χ4n) is 3.09. The van der Waals surface area contributed by atoms with Crippen molar-refractivity contribution in [3.8, 4) is 11.5 Å². The zero-order chi connectivity index (χ0) is 23.6. The van der Waals surface area contributed by atoms with Crippen LogP contribution in [0.15, 0.2) is 62.3 Å². The lowest BCUT2D eigenvalue weighted by Crippen LogP contribution is -2.20. The van der Waals surface area contributed by atoms with E-state index in [9.17, 15) is 18.0 Å². The van der Waals surface area contributed by atoms with Gasteiger partial charge in [0.05, 0.1) is 16.8 Å². The Hall–Kier alpha value is -3.31. The lowest BCUT2D eigenvalue weighted by molar-refractivity contribution is -0.113. The Morgan fingerprint density at radius 1 is 1.09 bits per heavy atom. The second-order valence-corrected chi connectivity index (χ2v) is 10.2. The molecule has 0 unspecified atom stereocenters. The van der Waals surface area contributed by atoms with Crippen LogP contribution in [-0.2, 0) is 14.6 Å². The highest BCUT2D eigenvalue weighted by Crippen LogP contribution is 2.32. The van der Waals surface area contributed by atoms with Crippen molar-refractivity contribution in [2.75, 3.05) is 24.3 Å². The lowest BCUT2D eigenvalue weighted by Gasteiger charge is -2.18. The van der Waals surface area contributed by atoms with Gasteiger partial charge in [-0.3, -0.25) is 9.59 Å². The summed E-state index contributed by atoms with van der Waals surface area (Å²) < 4.78 is 36.6. The van der Waals surface area contributed by atoms with E-state index in [-0.39, 0.29) is 21.7 Å². The summed E-state index contributed by atoms with van der Waals surface area (Å²) in [5.41, 5.74) is 1.50. The van der Waals surface area contributed by atoms with Crippen molar-refractivity contribution in [2.24, 2.45) is 0 Å². The normalized spacial score (nSPS) is 12.9. The van der Waals surface area contributed by atoms with Gasteiger partial charge in [0, 0.05) is 11.8 Å². The van der Waals surface area contributed by atoms with Crippen LogP contribution < -0.4 is 20.3 Å². The van der Waals surface area contributed by atoms with Crippen LogP contribution in [0.2, 0.25) is 0 Å². The van der Waals surface area contributed by atoms with Crippen molar-refractivity contribution in [3.63, 3.8) is 0 Å². The van der Waals surface area contributed by atoms with Crippen molar-refractivity contribution in [1.29, 1.82) is 0 Å². The number of thioether (sulfide) groups is 1. The predicted octanol–water partition coefficient (Wildman–Crippen LogP) is 2.72. The number of benzene rings is 2. The molecule has 3 aromatic rings. The van der Waals surface area contributed by atoms with Gasteiger partial charge in [-0.15, -0.1) is 0 Å². The number of ether oxygens (including phenoxy) is 2. The number of aromatic nitrogens is 2. The molecule has 0 aliphatic carbocycles. The van der Waals surface area contributed by atoms with Gasteiger partial charge in [0.2, 0.25) is 15.7 Å². The summed E-state index contributed by atoms with van der Waals surface area (Å²) in [4.78, 5) is 30.8. The Kier molecular flexibility index (Phi) is 6.43. The number of carbonyl (C=O) groups is 1. The highest BCUT2D eigenvalue weighted by atomic mass is 32.2. The van der Waals surface area contributed by atoms with E-state index in [2.05, 4.69) is 15.3 Å². The number of amides is 1. The second-order valence-electron chi connectivity index (χ2n) is 7.33. The molecule has 2 aromatic carbocycles. The summed E-state index contributed by atoms with van der Waals surface area (Å²) in [7, 11) is -4.02. The quantitative estimate of drug-likeness (QED) is 0.401. The van der Waals surface area contributed by atoms with Gasteiger partial charge in [-0.05, 0) is 49.2 Å². The average Bonchev–Trinajstić information content (AvgIpc) is 2.79. The first kappa shape index (κ1) is 22.9. The fraction of sp³-hybridized carbons (Fsp3) is 0.227. The first-order valence-electron chi connectivity index (χ1n) is 9.98. The average molecular weight is 488 g/mol. The Morgan fingerprint density at radius 3 is 2.58 bits per heavy atom. The van der Waals surface area contributed by atoms with Crippen LogP contribution in [-0.4, -0.2) is 43.3 Å². The van der Waals surface area contributed by atoms with E-state index in [1.807, 2.05) is 6.92 Å². The number of aryl methyl sites for hydroxylation is 2. The third kappa shape index (κ3) is 5.04. The molecule has 0 saturated carbocycles. The third-order valence-electron chi connectivity index (χ3n) is 4.99. The van der Waals surface area contributed by atoms with E-state index in [1.165, 1.54) is 12.1 Å². The van der Waals surface area contributed by atoms with Crippen LogP contribution in [0.3, 0.4) is 0 Å². The molecule has 172 valence electrons. The van der Waals surface area contributed by atoms with Crippen LogP contribution in [0, 0.1) is 13.8 Å². The van der Waals surface area contributed by atoms with Crippen LogP contribution >= 0.6 is 11.8 Å². The van der Waals surface area contributed by atoms with E-state index in [0.717, 1.165) is 29.1 Å². The van der Waals surface area contributed by atoms with E-state index < -0.39 is 20.3 Å². The van der Waals surface area contributed by atoms with Gasteiger partial charge in [-0.2, -0.15) is 0 Å². The predicted molar refractivity (Wildman–Crippen MR) is 123 cm³/mol. The number of nitrogens with zero attached hydrogens (tertiary/aromatic N) is 1. The van der Waals surface area contributed by atoms with Gasteiger partial charge >= 0.3 is 0 Å². The van der Waals surface area contributed by atoms with E-state index in [0.29, 0.717) is 30.4 Å². The molecular formula is C22H21N3O6S2. The molecule has 2 N–H and O–H groups in total. The monoisotopic (exact) mass is 487 g/mol. The van der Waals surface area contributed by atoms with E-state index in [4.69, 9.17) is 9.47 Å². The maximum atomic E-state index is 12.9. The van der Waals surface area contributed by atoms with Crippen molar-refractivity contribution in [2.45, 2.75) is 28.8 Å². The molecule has 9 nitrogen and oxygen atoms in total. The largest absolute Gasteiger partial charge is 0.486 e. The lowest BCUT2D eigenvalue weighted by atomic mass is 10.1. The minimum Gasteiger partial charge on any atom is -0.486 e. The maximum absolute atomic E-state index is 12.9. The minimum absolute atomic E-state index is 0.0251. The van der Waals surface area contributed by atoms with Crippen LogP contribution in [0.5, 0.6) is 11.5 Å². The topological polar surface area (TPSA) is 127 Å². The number of aromatic amines is 1. The zero-order valence-electron chi connectivity index (χ0n) is 17.9. The molecule has 1 aliphatic heterocycles. The highest BCUT2D eigenvalue weighted by molar-refractivity contribution is 7.99. The molecule has 4 rings (SSSR count). The minimum atomic E-state index is -4.02. The molecule has 0 atom stereocenters. The van der Waals surface area contributed by atoms with E-state index in [1.54, 1.807) is 31.2 Å². The molecule has 0 bridgehead atoms. The number of hydrogen-bond acceptors (Lipinski definition) is 8. The third-order valence-corrected chi connectivity index (χ3v) is 7.62. The van der Waals surface area contributed by atoms with Crippen molar-refractivity contribution in [1.82, 2.24) is 9.97 Å². The first-order valence-corrected chi connectivity index (χ1v) is 12.4. The number of sulfone groups is 1. The Balaban J connectivity index is 1.42. The number of hydrogen-bond donors (Lipinski definition) is 2. The molecule has 0 saturated heterocycles. The summed E-state index contributed by atoms with van der Waals surface area (Å²) in [6, 6.07) is 9.75. The molecule has 1 aliphatic rings. The van der Waals surface area contributed by atoms with Crippen LogP contribution in [0.4, 0.5) is 5.69 Å². The van der Waals surface area contributed by atoms with Gasteiger partial charge < -0.3 is 19.8 Å². The van der Waals surface area contributed by atoms with Crippen LogP contribution in [0.1, 0.15) is 11.1 Å². The summed E-state index contributed by atoms with van der Waals surface area (Å²) in [6.45, 7) is 4.59. The number of nitrogens with one attached hydrogen (secondary N) is 2. The van der Waals surface area contributed by atoms with Gasteiger partial charge in [-0.25, -0.2) is 13.4 Å². The molecule has 1 amide bonds. The van der Waals surface area contributed by atoms with Crippen LogP contribution in [0.25, 0.3) is 0 Å².